The highest BCUT2D eigenvalue weighted by Crippen LogP contribution is 2.60. The molecule has 0 rings (SSSR count). The van der Waals surface area contributed by atoms with Gasteiger partial charge in [-0.2, -0.15) is 0 Å². The molecule has 0 amide bonds. The van der Waals surface area contributed by atoms with Crippen LogP contribution in [0.4, 0.5) is 0 Å². The van der Waals surface area contributed by atoms with Crippen LogP contribution in [0.2, 0.25) is 0 Å². The Balaban J connectivity index is 5.98. The molecule has 0 unspecified atom stereocenters. The van der Waals surface area contributed by atoms with E-state index in [4.69, 9.17) is 0 Å². The van der Waals surface area contributed by atoms with Crippen molar-refractivity contribution in [3.63, 3.8) is 0 Å². The maximum absolute atomic E-state index is 2.49. The molecule has 0 aliphatic carbocycles. The van der Waals surface area contributed by atoms with Gasteiger partial charge in [0.05, 0.1) is 0 Å². The first-order valence-electron chi connectivity index (χ1n) is 9.99. The first-order chi connectivity index (χ1) is 10.6. The Kier molecular flexibility index (Phi) is 9.70. The van der Waals surface area contributed by atoms with Crippen LogP contribution in [0.15, 0.2) is 0 Å². The lowest BCUT2D eigenvalue weighted by Crippen LogP contribution is -2.52. The minimum absolute atomic E-state index is 0.358. The average molecular weight is 361 g/mol. The lowest BCUT2D eigenvalue weighted by molar-refractivity contribution is 0.366. The van der Waals surface area contributed by atoms with Gasteiger partial charge in [-0.25, -0.2) is 0 Å². The van der Waals surface area contributed by atoms with Gasteiger partial charge in [0.25, 0.3) is 0 Å². The average Bonchev–Trinajstić information content (AvgIpc) is 2.57. The standard InChI is InChI=1S/C21H44S2/c1-11-18(8,9)22-20(14-4,15-5)21(16-6,17-7)23-19(10,12-2)13-3/h11-17H2,1-10H3. The molecule has 0 aromatic heterocycles. The molecule has 0 saturated carbocycles. The van der Waals surface area contributed by atoms with Crippen LogP contribution in [0.25, 0.3) is 0 Å². The van der Waals surface area contributed by atoms with E-state index in [1.165, 1.54) is 44.9 Å². The molecule has 0 aliphatic rings. The van der Waals surface area contributed by atoms with Gasteiger partial charge < -0.3 is 0 Å². The highest BCUT2D eigenvalue weighted by atomic mass is 32.2. The Labute approximate surface area is 156 Å². The largest absolute Gasteiger partial charge is 0.147 e. The van der Waals surface area contributed by atoms with Crippen LogP contribution in [0.1, 0.15) is 114 Å². The van der Waals surface area contributed by atoms with Crippen molar-refractivity contribution in [3.05, 3.63) is 0 Å². The van der Waals surface area contributed by atoms with E-state index in [1.54, 1.807) is 0 Å². The minimum atomic E-state index is 0.358. The van der Waals surface area contributed by atoms with Gasteiger partial charge in [-0.05, 0) is 44.9 Å². The van der Waals surface area contributed by atoms with Gasteiger partial charge >= 0.3 is 0 Å². The summed E-state index contributed by atoms with van der Waals surface area (Å²) in [4.78, 5) is 0. The van der Waals surface area contributed by atoms with E-state index < -0.39 is 0 Å². The predicted octanol–water partition coefficient (Wildman–Crippen LogP) is 8.34. The van der Waals surface area contributed by atoms with Crippen molar-refractivity contribution in [2.45, 2.75) is 133 Å². The second-order valence-corrected chi connectivity index (χ2v) is 11.9. The molecule has 0 fully saturated rings. The zero-order valence-electron chi connectivity index (χ0n) is 17.8. The third kappa shape index (κ3) is 5.33. The normalized spacial score (nSPS) is 14.3. The topological polar surface area (TPSA) is 0 Å². The van der Waals surface area contributed by atoms with Crippen LogP contribution >= 0.6 is 23.5 Å². The summed E-state index contributed by atoms with van der Waals surface area (Å²) < 4.78 is 1.50. The number of hydrogen-bond donors (Lipinski definition) is 0. The van der Waals surface area contributed by atoms with Crippen LogP contribution < -0.4 is 0 Å². The van der Waals surface area contributed by atoms with E-state index in [1.807, 2.05) is 0 Å². The molecule has 2 heteroatoms. The quantitative estimate of drug-likeness (QED) is 0.343. The monoisotopic (exact) mass is 360 g/mol. The lowest BCUT2D eigenvalue weighted by Gasteiger charge is -2.55. The van der Waals surface area contributed by atoms with Crippen molar-refractivity contribution in [1.29, 1.82) is 0 Å². The molecular weight excluding hydrogens is 316 g/mol. The molecule has 0 aliphatic heterocycles. The molecule has 0 aromatic carbocycles. The van der Waals surface area contributed by atoms with Gasteiger partial charge in [0.1, 0.15) is 0 Å². The van der Waals surface area contributed by atoms with E-state index in [0.29, 0.717) is 19.0 Å². The van der Waals surface area contributed by atoms with Crippen molar-refractivity contribution in [1.82, 2.24) is 0 Å². The fourth-order valence-electron chi connectivity index (χ4n) is 3.73. The lowest BCUT2D eigenvalue weighted by atomic mass is 9.82. The minimum Gasteiger partial charge on any atom is -0.147 e. The summed E-state index contributed by atoms with van der Waals surface area (Å²) in [6, 6.07) is 0. The van der Waals surface area contributed by atoms with Crippen molar-refractivity contribution in [3.8, 4) is 0 Å². The molecular formula is C21H44S2. The van der Waals surface area contributed by atoms with Crippen LogP contribution in [0, 0.1) is 0 Å². The van der Waals surface area contributed by atoms with Crippen LogP contribution in [0.5, 0.6) is 0 Å². The molecule has 0 radical (unpaired) electrons. The highest BCUT2D eigenvalue weighted by molar-refractivity contribution is 8.06. The molecule has 140 valence electrons. The van der Waals surface area contributed by atoms with E-state index >= 15 is 0 Å². The van der Waals surface area contributed by atoms with Gasteiger partial charge in [-0.3, -0.25) is 0 Å². The molecule has 0 bridgehead atoms. The third-order valence-corrected chi connectivity index (χ3v) is 11.1. The fourth-order valence-corrected chi connectivity index (χ4v) is 7.94. The Morgan fingerprint density at radius 2 is 0.826 bits per heavy atom. The van der Waals surface area contributed by atoms with E-state index in [0.717, 1.165) is 0 Å². The Morgan fingerprint density at radius 3 is 1.09 bits per heavy atom. The van der Waals surface area contributed by atoms with Gasteiger partial charge in [-0.1, -0.05) is 69.2 Å². The number of thioether (sulfide) groups is 2. The van der Waals surface area contributed by atoms with Crippen molar-refractivity contribution in [2.75, 3.05) is 0 Å². The molecule has 23 heavy (non-hydrogen) atoms. The zero-order valence-corrected chi connectivity index (χ0v) is 19.4. The Bertz CT molecular complexity index is 321. The first kappa shape index (κ1) is 23.7. The van der Waals surface area contributed by atoms with Crippen molar-refractivity contribution < 1.29 is 0 Å². The van der Waals surface area contributed by atoms with Crippen LogP contribution in [-0.2, 0) is 0 Å². The van der Waals surface area contributed by atoms with E-state index in [-0.39, 0.29) is 0 Å². The summed E-state index contributed by atoms with van der Waals surface area (Å²) in [6.07, 6.45) is 8.87. The van der Waals surface area contributed by atoms with Gasteiger partial charge in [-0.15, -0.1) is 23.5 Å². The maximum Gasteiger partial charge on any atom is 0.0306 e. The Morgan fingerprint density at radius 1 is 0.478 bits per heavy atom. The third-order valence-electron chi connectivity index (χ3n) is 6.38. The predicted molar refractivity (Wildman–Crippen MR) is 115 cm³/mol. The highest BCUT2D eigenvalue weighted by Gasteiger charge is 2.52. The molecule has 0 spiro atoms. The van der Waals surface area contributed by atoms with E-state index in [2.05, 4.69) is 92.8 Å². The summed E-state index contributed by atoms with van der Waals surface area (Å²) >= 11 is 4.62. The Hall–Kier alpha value is 0.700. The van der Waals surface area contributed by atoms with Crippen LogP contribution in [-0.4, -0.2) is 19.0 Å². The van der Waals surface area contributed by atoms with Gasteiger partial charge in [0.2, 0.25) is 0 Å². The molecule has 0 nitrogen and oxygen atoms in total. The maximum atomic E-state index is 2.49. The number of rotatable bonds is 12. The molecule has 0 aromatic rings. The second kappa shape index (κ2) is 9.41. The summed E-state index contributed by atoms with van der Waals surface area (Å²) in [5.41, 5.74) is 0. The summed E-state index contributed by atoms with van der Waals surface area (Å²) in [5, 5.41) is 0. The summed E-state index contributed by atoms with van der Waals surface area (Å²) in [5.74, 6) is 0. The van der Waals surface area contributed by atoms with Crippen molar-refractivity contribution >= 4 is 23.5 Å². The molecule has 0 atom stereocenters. The second-order valence-electron chi connectivity index (χ2n) is 7.88. The zero-order chi connectivity index (χ0) is 18.4. The fraction of sp³-hybridized carbons (Fsp3) is 1.00. The summed E-state index contributed by atoms with van der Waals surface area (Å²) in [7, 11) is 0. The van der Waals surface area contributed by atoms with Crippen molar-refractivity contribution in [2.24, 2.45) is 0 Å². The van der Waals surface area contributed by atoms with Crippen LogP contribution in [0.3, 0.4) is 0 Å². The molecule has 0 N–H and O–H groups in total. The molecule has 0 saturated heterocycles. The van der Waals surface area contributed by atoms with Gasteiger partial charge in [0, 0.05) is 19.0 Å². The first-order valence-corrected chi connectivity index (χ1v) is 11.6. The number of hydrogen-bond acceptors (Lipinski definition) is 2. The van der Waals surface area contributed by atoms with Gasteiger partial charge in [0.15, 0.2) is 0 Å². The SMILES string of the molecule is CCC(C)(C)SC(CC)(CC)C(CC)(CC)SC(C)(CC)CC. The smallest absolute Gasteiger partial charge is 0.0306 e. The van der Waals surface area contributed by atoms with E-state index in [9.17, 15) is 0 Å². The summed E-state index contributed by atoms with van der Waals surface area (Å²) in [6.45, 7) is 24.2. The molecule has 0 heterocycles.